The minimum Gasteiger partial charge on any atom is -0.434 e. The lowest BCUT2D eigenvalue weighted by atomic mass is 10.3. The summed E-state index contributed by atoms with van der Waals surface area (Å²) in [4.78, 5) is 18.2. The second-order valence-corrected chi connectivity index (χ2v) is 5.85. The van der Waals surface area contributed by atoms with Crippen molar-refractivity contribution in [2.24, 2.45) is 0 Å². The minimum atomic E-state index is -0.923. The van der Waals surface area contributed by atoms with Gasteiger partial charge in [-0.2, -0.15) is 4.98 Å². The molecule has 26 heavy (non-hydrogen) atoms. The van der Waals surface area contributed by atoms with Crippen molar-refractivity contribution < 1.29 is 18.4 Å². The Morgan fingerprint density at radius 3 is 2.50 bits per heavy atom. The molecule has 1 N–H and O–H groups in total. The standard InChI is InChI=1S/C16H9BrF2N4O3/c17-9-1-4-11(5-2-9)26-16-14(23(24)25)15(20-8-21-16)22-13-6-3-10(18)7-12(13)19/h1-8H,(H,20,21,22). The summed E-state index contributed by atoms with van der Waals surface area (Å²) in [7, 11) is 0. The summed E-state index contributed by atoms with van der Waals surface area (Å²) in [6.45, 7) is 0. The van der Waals surface area contributed by atoms with Crippen LogP contribution in [0, 0.1) is 21.7 Å². The van der Waals surface area contributed by atoms with Gasteiger partial charge in [-0.25, -0.2) is 13.8 Å². The Hall–Kier alpha value is -3.14. The van der Waals surface area contributed by atoms with E-state index >= 15 is 0 Å². The number of halogens is 3. The van der Waals surface area contributed by atoms with Gasteiger partial charge in [0.1, 0.15) is 23.7 Å². The van der Waals surface area contributed by atoms with Crippen molar-refractivity contribution in [3.05, 3.63) is 75.0 Å². The van der Waals surface area contributed by atoms with Gasteiger partial charge in [0.15, 0.2) is 0 Å². The van der Waals surface area contributed by atoms with Gasteiger partial charge in [0, 0.05) is 10.5 Å². The summed E-state index contributed by atoms with van der Waals surface area (Å²) in [5.41, 5.74) is -0.762. The van der Waals surface area contributed by atoms with Crippen LogP contribution in [0.1, 0.15) is 0 Å². The Bertz CT molecular complexity index is 970. The maximum absolute atomic E-state index is 13.8. The van der Waals surface area contributed by atoms with Crippen LogP contribution >= 0.6 is 15.9 Å². The maximum atomic E-state index is 13.8. The quantitative estimate of drug-likeness (QED) is 0.461. The summed E-state index contributed by atoms with van der Waals surface area (Å²) < 4.78 is 33.1. The Balaban J connectivity index is 1.98. The third kappa shape index (κ3) is 3.91. The highest BCUT2D eigenvalue weighted by atomic mass is 79.9. The number of nitro groups is 1. The molecule has 0 unspecified atom stereocenters. The van der Waals surface area contributed by atoms with Crippen molar-refractivity contribution in [1.29, 1.82) is 0 Å². The van der Waals surface area contributed by atoms with E-state index in [2.05, 4.69) is 31.2 Å². The Labute approximate surface area is 153 Å². The third-order valence-electron chi connectivity index (χ3n) is 3.18. The maximum Gasteiger partial charge on any atom is 0.373 e. The molecule has 0 bridgehead atoms. The Morgan fingerprint density at radius 2 is 1.85 bits per heavy atom. The summed E-state index contributed by atoms with van der Waals surface area (Å²) in [6.07, 6.45) is 1.03. The molecule has 0 amide bonds. The Morgan fingerprint density at radius 1 is 1.12 bits per heavy atom. The molecule has 10 heteroatoms. The molecule has 7 nitrogen and oxygen atoms in total. The first-order valence-corrected chi connectivity index (χ1v) is 7.88. The first-order chi connectivity index (χ1) is 12.4. The van der Waals surface area contributed by atoms with E-state index in [0.29, 0.717) is 11.8 Å². The molecule has 1 aromatic heterocycles. The first-order valence-electron chi connectivity index (χ1n) is 7.09. The van der Waals surface area contributed by atoms with E-state index in [1.165, 1.54) is 0 Å². The lowest BCUT2D eigenvalue weighted by Gasteiger charge is -2.10. The second-order valence-electron chi connectivity index (χ2n) is 4.94. The molecule has 132 valence electrons. The van der Waals surface area contributed by atoms with Crippen LogP contribution in [0.3, 0.4) is 0 Å². The van der Waals surface area contributed by atoms with E-state index in [-0.39, 0.29) is 17.4 Å². The highest BCUT2D eigenvalue weighted by molar-refractivity contribution is 9.10. The predicted octanol–water partition coefficient (Wildman–Crippen LogP) is 4.96. The SMILES string of the molecule is O=[N+]([O-])c1c(Nc2ccc(F)cc2F)ncnc1Oc1ccc(Br)cc1. The fourth-order valence-electron chi connectivity index (χ4n) is 2.03. The second kappa shape index (κ2) is 7.40. The van der Waals surface area contributed by atoms with Gasteiger partial charge in [0.2, 0.25) is 5.82 Å². The van der Waals surface area contributed by atoms with E-state index in [1.807, 2.05) is 0 Å². The van der Waals surface area contributed by atoms with E-state index in [0.717, 1.165) is 22.9 Å². The van der Waals surface area contributed by atoms with Crippen molar-refractivity contribution in [1.82, 2.24) is 9.97 Å². The number of aromatic nitrogens is 2. The van der Waals surface area contributed by atoms with Gasteiger partial charge in [-0.15, -0.1) is 0 Å². The topological polar surface area (TPSA) is 90.2 Å². The molecular weight excluding hydrogens is 414 g/mol. The fraction of sp³-hybridized carbons (Fsp3) is 0. The number of benzene rings is 2. The fourth-order valence-corrected chi connectivity index (χ4v) is 2.29. The molecule has 0 atom stereocenters. The molecule has 3 aromatic rings. The van der Waals surface area contributed by atoms with Crippen LogP contribution in [0.2, 0.25) is 0 Å². The van der Waals surface area contributed by atoms with Crippen LogP contribution < -0.4 is 10.1 Å². The van der Waals surface area contributed by atoms with Gasteiger partial charge in [0.05, 0.1) is 10.6 Å². The average molecular weight is 423 g/mol. The van der Waals surface area contributed by atoms with E-state index in [9.17, 15) is 18.9 Å². The number of anilines is 2. The van der Waals surface area contributed by atoms with Crippen LogP contribution in [-0.4, -0.2) is 14.9 Å². The van der Waals surface area contributed by atoms with E-state index in [4.69, 9.17) is 4.74 Å². The molecule has 0 aliphatic carbocycles. The molecule has 0 saturated heterocycles. The predicted molar refractivity (Wildman–Crippen MR) is 92.5 cm³/mol. The molecule has 0 saturated carbocycles. The van der Waals surface area contributed by atoms with Gasteiger partial charge in [-0.1, -0.05) is 15.9 Å². The number of nitrogens with zero attached hydrogens (tertiary/aromatic N) is 3. The zero-order chi connectivity index (χ0) is 18.7. The number of rotatable bonds is 5. The number of hydrogen-bond donors (Lipinski definition) is 1. The van der Waals surface area contributed by atoms with Gasteiger partial charge in [-0.05, 0) is 36.4 Å². The van der Waals surface area contributed by atoms with Crippen molar-refractivity contribution in [3.63, 3.8) is 0 Å². The number of ether oxygens (including phenoxy) is 1. The first kappa shape index (κ1) is 17.7. The molecule has 2 aromatic carbocycles. The Kier molecular flexibility index (Phi) is 5.03. The van der Waals surface area contributed by atoms with Crippen LogP contribution in [0.25, 0.3) is 0 Å². The lowest BCUT2D eigenvalue weighted by molar-refractivity contribution is -0.385. The molecular formula is C16H9BrF2N4O3. The smallest absolute Gasteiger partial charge is 0.373 e. The summed E-state index contributed by atoms with van der Waals surface area (Å²) in [5, 5.41) is 13.9. The normalized spacial score (nSPS) is 10.4. The summed E-state index contributed by atoms with van der Waals surface area (Å²) in [6, 6.07) is 9.31. The van der Waals surface area contributed by atoms with Crippen molar-refractivity contribution in [2.45, 2.75) is 0 Å². The van der Waals surface area contributed by atoms with E-state index < -0.39 is 22.2 Å². The lowest BCUT2D eigenvalue weighted by Crippen LogP contribution is -2.04. The average Bonchev–Trinajstić information content (AvgIpc) is 2.59. The summed E-state index contributed by atoms with van der Waals surface area (Å²) >= 11 is 3.27. The summed E-state index contributed by atoms with van der Waals surface area (Å²) in [5.74, 6) is -1.99. The van der Waals surface area contributed by atoms with Crippen LogP contribution in [0.5, 0.6) is 11.6 Å². The molecule has 1 heterocycles. The third-order valence-corrected chi connectivity index (χ3v) is 3.71. The zero-order valence-corrected chi connectivity index (χ0v) is 14.4. The van der Waals surface area contributed by atoms with Crippen molar-refractivity contribution >= 4 is 33.1 Å². The molecule has 0 aliphatic heterocycles. The van der Waals surface area contributed by atoms with Crippen LogP contribution in [0.15, 0.2) is 53.3 Å². The highest BCUT2D eigenvalue weighted by Crippen LogP contribution is 2.36. The highest BCUT2D eigenvalue weighted by Gasteiger charge is 2.26. The zero-order valence-electron chi connectivity index (χ0n) is 12.8. The largest absolute Gasteiger partial charge is 0.434 e. The molecule has 0 aliphatic rings. The molecule has 0 radical (unpaired) electrons. The van der Waals surface area contributed by atoms with Gasteiger partial charge >= 0.3 is 11.6 Å². The minimum absolute atomic E-state index is 0.178. The molecule has 0 fully saturated rings. The van der Waals surface area contributed by atoms with Crippen molar-refractivity contribution in [3.8, 4) is 11.6 Å². The van der Waals surface area contributed by atoms with Crippen molar-refractivity contribution in [2.75, 3.05) is 5.32 Å². The van der Waals surface area contributed by atoms with Gasteiger partial charge < -0.3 is 10.1 Å². The molecule has 0 spiro atoms. The van der Waals surface area contributed by atoms with Crippen LogP contribution in [-0.2, 0) is 0 Å². The van der Waals surface area contributed by atoms with Gasteiger partial charge in [0.25, 0.3) is 0 Å². The van der Waals surface area contributed by atoms with Gasteiger partial charge in [-0.3, -0.25) is 10.1 Å². The number of hydrogen-bond acceptors (Lipinski definition) is 6. The van der Waals surface area contributed by atoms with E-state index in [1.54, 1.807) is 24.3 Å². The van der Waals surface area contributed by atoms with Crippen LogP contribution in [0.4, 0.5) is 26.0 Å². The molecule has 3 rings (SSSR count). The number of nitrogens with one attached hydrogen (secondary N) is 1. The monoisotopic (exact) mass is 422 g/mol.